The summed E-state index contributed by atoms with van der Waals surface area (Å²) in [5.41, 5.74) is 1.92. The maximum absolute atomic E-state index is 13.0. The van der Waals surface area contributed by atoms with E-state index >= 15 is 0 Å². The number of aromatic nitrogens is 2. The van der Waals surface area contributed by atoms with E-state index in [1.165, 1.54) is 6.92 Å². The highest BCUT2D eigenvalue weighted by Crippen LogP contribution is 2.27. The number of methoxy groups -OCH3 is 1. The van der Waals surface area contributed by atoms with Gasteiger partial charge in [-0.15, -0.1) is 0 Å². The molecule has 0 fully saturated rings. The van der Waals surface area contributed by atoms with E-state index < -0.39 is 24.0 Å². The van der Waals surface area contributed by atoms with Crippen LogP contribution in [0.5, 0.6) is 5.75 Å². The van der Waals surface area contributed by atoms with E-state index in [0.29, 0.717) is 17.0 Å². The van der Waals surface area contributed by atoms with Crippen molar-refractivity contribution in [3.05, 3.63) is 66.4 Å². The third kappa shape index (κ3) is 5.97. The quantitative estimate of drug-likeness (QED) is 0.534. The van der Waals surface area contributed by atoms with Gasteiger partial charge in [0.25, 0.3) is 5.91 Å². The molecule has 0 radical (unpaired) electrons. The third-order valence-electron chi connectivity index (χ3n) is 4.61. The molecule has 1 atom stereocenters. The number of nitrogens with one attached hydrogen (secondary N) is 2. The minimum Gasteiger partial charge on any atom is -0.497 e. The second-order valence-corrected chi connectivity index (χ2v) is 7.57. The Bertz CT molecular complexity index is 1140. The number of nitrogens with zero attached hydrogens (tertiary/aromatic N) is 2. The molecule has 3 aromatic rings. The molecule has 1 unspecified atom stereocenters. The van der Waals surface area contributed by atoms with Gasteiger partial charge in [-0.1, -0.05) is 30.3 Å². The van der Waals surface area contributed by atoms with Crippen molar-refractivity contribution >= 4 is 17.9 Å². The number of hydrogen-bond donors (Lipinski definition) is 2. The fourth-order valence-corrected chi connectivity index (χ4v) is 3.01. The maximum Gasteiger partial charge on any atom is 0.342 e. The zero-order valence-electron chi connectivity index (χ0n) is 18.9. The van der Waals surface area contributed by atoms with Crippen LogP contribution >= 0.6 is 0 Å². The molecule has 2 N–H and O–H groups in total. The summed E-state index contributed by atoms with van der Waals surface area (Å²) >= 11 is 0. The summed E-state index contributed by atoms with van der Waals surface area (Å²) in [6, 6.07) is 15.6. The summed E-state index contributed by atoms with van der Waals surface area (Å²) in [5, 5.41) is 9.27. The van der Waals surface area contributed by atoms with Crippen LogP contribution in [-0.2, 0) is 9.53 Å². The Labute approximate surface area is 191 Å². The minimum atomic E-state index is -1.20. The number of para-hydroxylation sites is 1. The Hall–Kier alpha value is -4.14. The molecule has 3 amide bonds. The van der Waals surface area contributed by atoms with E-state index in [9.17, 15) is 14.4 Å². The van der Waals surface area contributed by atoms with Crippen molar-refractivity contribution < 1.29 is 23.9 Å². The summed E-state index contributed by atoms with van der Waals surface area (Å²) in [5.74, 6) is -0.883. The minimum absolute atomic E-state index is 0.148. The average Bonchev–Trinajstić information content (AvgIpc) is 3.25. The lowest BCUT2D eigenvalue weighted by Crippen LogP contribution is -2.46. The third-order valence-corrected chi connectivity index (χ3v) is 4.61. The van der Waals surface area contributed by atoms with Crippen LogP contribution in [0.2, 0.25) is 0 Å². The first kappa shape index (κ1) is 23.5. The molecule has 0 aliphatic rings. The zero-order valence-corrected chi connectivity index (χ0v) is 18.9. The number of benzene rings is 2. The van der Waals surface area contributed by atoms with Crippen molar-refractivity contribution in [3.63, 3.8) is 0 Å². The largest absolute Gasteiger partial charge is 0.497 e. The Balaban J connectivity index is 1.88. The van der Waals surface area contributed by atoms with Crippen LogP contribution < -0.4 is 15.4 Å². The SMILES string of the molecule is COc1cccc(-c2nn(-c3ccccc3)cc2C(=O)OC(C)C(=O)NC(=O)NC(C)C)c1. The Kier molecular flexibility index (Phi) is 7.45. The molecule has 172 valence electrons. The number of esters is 1. The molecule has 33 heavy (non-hydrogen) atoms. The predicted octanol–water partition coefficient (Wildman–Crippen LogP) is 3.33. The van der Waals surface area contributed by atoms with E-state index in [-0.39, 0.29) is 11.6 Å². The number of ether oxygens (including phenoxy) is 2. The molecule has 0 saturated carbocycles. The number of amides is 3. The number of carbonyl (C=O) groups excluding carboxylic acids is 3. The molecule has 0 aliphatic carbocycles. The molecule has 9 heteroatoms. The van der Waals surface area contributed by atoms with Crippen LogP contribution in [0.3, 0.4) is 0 Å². The average molecular weight is 450 g/mol. The number of carbonyl (C=O) groups is 3. The van der Waals surface area contributed by atoms with Crippen molar-refractivity contribution in [2.24, 2.45) is 0 Å². The van der Waals surface area contributed by atoms with Gasteiger partial charge in [-0.2, -0.15) is 5.10 Å². The Morgan fingerprint density at radius 3 is 2.39 bits per heavy atom. The molecule has 1 aromatic heterocycles. The van der Waals surface area contributed by atoms with Gasteiger partial charge in [0.15, 0.2) is 6.10 Å². The highest BCUT2D eigenvalue weighted by atomic mass is 16.5. The Morgan fingerprint density at radius 1 is 1.00 bits per heavy atom. The van der Waals surface area contributed by atoms with Gasteiger partial charge in [0, 0.05) is 17.8 Å². The lowest BCUT2D eigenvalue weighted by molar-refractivity contribution is -0.127. The van der Waals surface area contributed by atoms with Crippen molar-refractivity contribution in [2.45, 2.75) is 32.9 Å². The smallest absolute Gasteiger partial charge is 0.342 e. The first-order valence-corrected chi connectivity index (χ1v) is 10.4. The van der Waals surface area contributed by atoms with E-state index in [2.05, 4.69) is 15.7 Å². The van der Waals surface area contributed by atoms with Crippen molar-refractivity contribution in [1.82, 2.24) is 20.4 Å². The lowest BCUT2D eigenvalue weighted by atomic mass is 10.1. The summed E-state index contributed by atoms with van der Waals surface area (Å²) in [7, 11) is 1.55. The number of urea groups is 1. The Morgan fingerprint density at radius 2 is 1.73 bits per heavy atom. The van der Waals surface area contributed by atoms with Crippen molar-refractivity contribution in [2.75, 3.05) is 7.11 Å². The van der Waals surface area contributed by atoms with Gasteiger partial charge in [-0.3, -0.25) is 10.1 Å². The molecular formula is C24H26N4O5. The second kappa shape index (κ2) is 10.4. The van der Waals surface area contributed by atoms with Crippen molar-refractivity contribution in [1.29, 1.82) is 0 Å². The molecule has 1 heterocycles. The monoisotopic (exact) mass is 450 g/mol. The van der Waals surface area contributed by atoms with Crippen LogP contribution in [-0.4, -0.2) is 46.9 Å². The van der Waals surface area contributed by atoms with Gasteiger partial charge >= 0.3 is 12.0 Å². The first-order valence-electron chi connectivity index (χ1n) is 10.4. The fourth-order valence-electron chi connectivity index (χ4n) is 3.01. The number of rotatable bonds is 7. The van der Waals surface area contributed by atoms with Gasteiger partial charge in [0.2, 0.25) is 0 Å². The van der Waals surface area contributed by atoms with Crippen LogP contribution in [0.15, 0.2) is 60.8 Å². The molecule has 9 nitrogen and oxygen atoms in total. The normalized spacial score (nSPS) is 11.5. The summed E-state index contributed by atoms with van der Waals surface area (Å²) < 4.78 is 12.2. The lowest BCUT2D eigenvalue weighted by Gasteiger charge is -2.14. The second-order valence-electron chi connectivity index (χ2n) is 7.57. The molecule has 0 saturated heterocycles. The standard InChI is InChI=1S/C24H26N4O5/c1-15(2)25-24(31)26-22(29)16(3)33-23(30)20-14-28(18-10-6-5-7-11-18)27-21(20)17-9-8-12-19(13-17)32-4/h5-16H,1-4H3,(H2,25,26,29,31). The molecule has 3 rings (SSSR count). The van der Waals surface area contributed by atoms with Crippen LogP contribution in [0.4, 0.5) is 4.79 Å². The predicted molar refractivity (Wildman–Crippen MR) is 122 cm³/mol. The molecule has 0 bridgehead atoms. The molecule has 0 aliphatic heterocycles. The highest BCUT2D eigenvalue weighted by molar-refractivity contribution is 6.00. The molecular weight excluding hydrogens is 424 g/mol. The van der Waals surface area contributed by atoms with Crippen LogP contribution in [0.25, 0.3) is 16.9 Å². The summed E-state index contributed by atoms with van der Waals surface area (Å²) in [6.45, 7) is 4.92. The fraction of sp³-hybridized carbons (Fsp3) is 0.250. The van der Waals surface area contributed by atoms with Crippen molar-refractivity contribution in [3.8, 4) is 22.7 Å². The van der Waals surface area contributed by atoms with Gasteiger partial charge in [-0.05, 0) is 45.0 Å². The van der Waals surface area contributed by atoms with E-state index in [4.69, 9.17) is 9.47 Å². The summed E-state index contributed by atoms with van der Waals surface area (Å²) in [6.07, 6.45) is 0.344. The number of imide groups is 1. The highest BCUT2D eigenvalue weighted by Gasteiger charge is 2.25. The summed E-state index contributed by atoms with van der Waals surface area (Å²) in [4.78, 5) is 37.1. The van der Waals surface area contributed by atoms with Gasteiger partial charge in [0.05, 0.1) is 12.8 Å². The van der Waals surface area contributed by atoms with Gasteiger partial charge in [-0.25, -0.2) is 14.3 Å². The molecule has 0 spiro atoms. The van der Waals surface area contributed by atoms with Crippen LogP contribution in [0, 0.1) is 0 Å². The van der Waals surface area contributed by atoms with Gasteiger partial charge < -0.3 is 14.8 Å². The topological polar surface area (TPSA) is 112 Å². The zero-order chi connectivity index (χ0) is 24.0. The first-order chi connectivity index (χ1) is 15.8. The van der Waals surface area contributed by atoms with E-state index in [1.54, 1.807) is 56.1 Å². The van der Waals surface area contributed by atoms with Crippen LogP contribution in [0.1, 0.15) is 31.1 Å². The maximum atomic E-state index is 13.0. The van der Waals surface area contributed by atoms with E-state index in [1.807, 2.05) is 30.3 Å². The molecule has 2 aromatic carbocycles. The number of hydrogen-bond acceptors (Lipinski definition) is 6. The van der Waals surface area contributed by atoms with Gasteiger partial charge in [0.1, 0.15) is 17.0 Å². The van der Waals surface area contributed by atoms with E-state index in [0.717, 1.165) is 5.69 Å².